The van der Waals surface area contributed by atoms with Gasteiger partial charge < -0.3 is 5.32 Å². The summed E-state index contributed by atoms with van der Waals surface area (Å²) in [5, 5.41) is 3.38. The number of allylic oxidation sites excluding steroid dienone is 3. The molecular formula is C14H24N2. The molecule has 1 aliphatic carbocycles. The van der Waals surface area contributed by atoms with E-state index in [2.05, 4.69) is 36.3 Å². The van der Waals surface area contributed by atoms with Crippen molar-refractivity contribution in [3.05, 3.63) is 23.3 Å². The maximum Gasteiger partial charge on any atom is 0.0196 e. The Bertz CT molecular complexity index is 283. The summed E-state index contributed by atoms with van der Waals surface area (Å²) in [5.41, 5.74) is 3.14. The van der Waals surface area contributed by atoms with Gasteiger partial charge in [-0.2, -0.15) is 0 Å². The van der Waals surface area contributed by atoms with Crippen molar-refractivity contribution in [3.8, 4) is 0 Å². The highest BCUT2D eigenvalue weighted by Crippen LogP contribution is 2.20. The minimum Gasteiger partial charge on any atom is -0.317 e. The molecule has 0 aromatic rings. The van der Waals surface area contributed by atoms with Crippen LogP contribution in [0.5, 0.6) is 0 Å². The molecule has 0 aromatic carbocycles. The molecule has 1 fully saturated rings. The fraction of sp³-hybridized carbons (Fsp3) is 0.714. The van der Waals surface area contributed by atoms with Crippen molar-refractivity contribution in [1.29, 1.82) is 0 Å². The fourth-order valence-electron chi connectivity index (χ4n) is 2.58. The van der Waals surface area contributed by atoms with Gasteiger partial charge >= 0.3 is 0 Å². The Morgan fingerprint density at radius 3 is 2.56 bits per heavy atom. The Balaban J connectivity index is 1.79. The first-order chi connectivity index (χ1) is 7.78. The normalized spacial score (nSPS) is 24.1. The highest BCUT2D eigenvalue weighted by Gasteiger charge is 2.18. The smallest absolute Gasteiger partial charge is 0.0196 e. The average Bonchev–Trinajstić information content (AvgIpc) is 2.33. The van der Waals surface area contributed by atoms with Crippen molar-refractivity contribution < 1.29 is 0 Å². The zero-order valence-corrected chi connectivity index (χ0v) is 10.6. The molecule has 1 aliphatic heterocycles. The van der Waals surface area contributed by atoms with Gasteiger partial charge in [0.2, 0.25) is 0 Å². The third-order valence-electron chi connectivity index (χ3n) is 3.87. The number of nitrogens with one attached hydrogen (secondary N) is 1. The molecule has 0 amide bonds. The zero-order valence-electron chi connectivity index (χ0n) is 10.6. The first-order valence-corrected chi connectivity index (χ1v) is 6.53. The number of nitrogens with zero attached hydrogens (tertiary/aromatic N) is 1. The molecule has 1 heterocycles. The maximum atomic E-state index is 3.38. The highest BCUT2D eigenvalue weighted by atomic mass is 15.1. The van der Waals surface area contributed by atoms with Gasteiger partial charge in [0.05, 0.1) is 0 Å². The number of rotatable bonds is 3. The summed E-state index contributed by atoms with van der Waals surface area (Å²) in [6.07, 6.45) is 9.77. The fourth-order valence-corrected chi connectivity index (χ4v) is 2.58. The third-order valence-corrected chi connectivity index (χ3v) is 3.87. The van der Waals surface area contributed by atoms with E-state index in [0.717, 1.165) is 6.04 Å². The summed E-state index contributed by atoms with van der Waals surface area (Å²) in [6, 6.07) is 0.749. The molecule has 2 aliphatic rings. The van der Waals surface area contributed by atoms with Gasteiger partial charge in [0.1, 0.15) is 0 Å². The minimum atomic E-state index is 0.749. The van der Waals surface area contributed by atoms with E-state index in [4.69, 9.17) is 0 Å². The topological polar surface area (TPSA) is 15.3 Å². The van der Waals surface area contributed by atoms with Crippen LogP contribution in [0.25, 0.3) is 0 Å². The van der Waals surface area contributed by atoms with Crippen LogP contribution < -0.4 is 5.32 Å². The van der Waals surface area contributed by atoms with Crippen molar-refractivity contribution in [1.82, 2.24) is 10.2 Å². The lowest BCUT2D eigenvalue weighted by atomic mass is 9.98. The van der Waals surface area contributed by atoms with Crippen molar-refractivity contribution in [2.75, 3.05) is 26.7 Å². The SMILES string of the molecule is CNC1CCN(CC2=CC=C(C)CC2)CC1. The average molecular weight is 220 g/mol. The molecule has 0 saturated carbocycles. The lowest BCUT2D eigenvalue weighted by Gasteiger charge is -2.32. The van der Waals surface area contributed by atoms with Crippen LogP contribution in [-0.2, 0) is 0 Å². The summed E-state index contributed by atoms with van der Waals surface area (Å²) < 4.78 is 0. The van der Waals surface area contributed by atoms with Gasteiger partial charge in [-0.25, -0.2) is 0 Å². The third kappa shape index (κ3) is 3.19. The van der Waals surface area contributed by atoms with Crippen LogP contribution in [0.2, 0.25) is 0 Å². The van der Waals surface area contributed by atoms with Crippen LogP contribution in [0.1, 0.15) is 32.6 Å². The van der Waals surface area contributed by atoms with E-state index in [-0.39, 0.29) is 0 Å². The van der Waals surface area contributed by atoms with E-state index < -0.39 is 0 Å². The molecule has 0 spiro atoms. The molecule has 16 heavy (non-hydrogen) atoms. The van der Waals surface area contributed by atoms with Crippen LogP contribution in [0, 0.1) is 0 Å². The number of likely N-dealkylation sites (tertiary alicyclic amines) is 1. The predicted octanol–water partition coefficient (Wildman–Crippen LogP) is 2.34. The lowest BCUT2D eigenvalue weighted by Crippen LogP contribution is -2.41. The molecule has 0 radical (unpaired) electrons. The molecule has 2 nitrogen and oxygen atoms in total. The summed E-state index contributed by atoms with van der Waals surface area (Å²) in [7, 11) is 2.08. The van der Waals surface area contributed by atoms with Crippen LogP contribution in [0.4, 0.5) is 0 Å². The lowest BCUT2D eigenvalue weighted by molar-refractivity contribution is 0.214. The second-order valence-electron chi connectivity index (χ2n) is 5.18. The molecular weight excluding hydrogens is 196 g/mol. The van der Waals surface area contributed by atoms with Crippen molar-refractivity contribution in [2.24, 2.45) is 0 Å². The van der Waals surface area contributed by atoms with Gasteiger partial charge in [-0.15, -0.1) is 0 Å². The standard InChI is InChI=1S/C14H24N2/c1-12-3-5-13(6-4-12)11-16-9-7-14(15-2)8-10-16/h3,5,14-15H,4,6-11H2,1-2H3. The first-order valence-electron chi connectivity index (χ1n) is 6.53. The Morgan fingerprint density at radius 1 is 1.25 bits per heavy atom. The molecule has 90 valence electrons. The first kappa shape index (κ1) is 11.9. The van der Waals surface area contributed by atoms with E-state index in [9.17, 15) is 0 Å². The number of piperidine rings is 1. The van der Waals surface area contributed by atoms with Gasteiger partial charge in [-0.3, -0.25) is 4.90 Å². The van der Waals surface area contributed by atoms with Gasteiger partial charge in [0.15, 0.2) is 0 Å². The van der Waals surface area contributed by atoms with E-state index in [0.29, 0.717) is 0 Å². The van der Waals surface area contributed by atoms with Crippen LogP contribution in [0.3, 0.4) is 0 Å². The molecule has 2 heteroatoms. The summed E-state index contributed by atoms with van der Waals surface area (Å²) in [5.74, 6) is 0. The predicted molar refractivity (Wildman–Crippen MR) is 69.6 cm³/mol. The highest BCUT2D eigenvalue weighted by molar-refractivity contribution is 5.23. The van der Waals surface area contributed by atoms with E-state index in [1.54, 1.807) is 5.57 Å². The monoisotopic (exact) mass is 220 g/mol. The molecule has 1 saturated heterocycles. The summed E-state index contributed by atoms with van der Waals surface area (Å²) in [4.78, 5) is 2.61. The van der Waals surface area contributed by atoms with Gasteiger partial charge in [0.25, 0.3) is 0 Å². The number of hydrogen-bond donors (Lipinski definition) is 1. The Labute approximate surface area is 99.4 Å². The maximum absolute atomic E-state index is 3.38. The van der Waals surface area contributed by atoms with Gasteiger partial charge in [-0.1, -0.05) is 23.3 Å². The van der Waals surface area contributed by atoms with E-state index in [1.165, 1.54) is 50.9 Å². The summed E-state index contributed by atoms with van der Waals surface area (Å²) >= 11 is 0. The molecule has 0 atom stereocenters. The van der Waals surface area contributed by atoms with Crippen LogP contribution >= 0.6 is 0 Å². The Kier molecular flexibility index (Phi) is 4.19. The Hall–Kier alpha value is -0.600. The second-order valence-corrected chi connectivity index (χ2v) is 5.18. The van der Waals surface area contributed by atoms with Crippen LogP contribution in [0.15, 0.2) is 23.3 Å². The van der Waals surface area contributed by atoms with Crippen molar-refractivity contribution >= 4 is 0 Å². The van der Waals surface area contributed by atoms with Gasteiger partial charge in [0, 0.05) is 12.6 Å². The molecule has 2 rings (SSSR count). The summed E-state index contributed by atoms with van der Waals surface area (Å²) in [6.45, 7) is 5.93. The largest absolute Gasteiger partial charge is 0.317 e. The number of hydrogen-bond acceptors (Lipinski definition) is 2. The van der Waals surface area contributed by atoms with Crippen molar-refractivity contribution in [3.63, 3.8) is 0 Å². The molecule has 1 N–H and O–H groups in total. The zero-order chi connectivity index (χ0) is 11.4. The van der Waals surface area contributed by atoms with Gasteiger partial charge in [-0.05, 0) is 52.7 Å². The Morgan fingerprint density at radius 2 is 2.00 bits per heavy atom. The molecule has 0 unspecified atom stereocenters. The van der Waals surface area contributed by atoms with E-state index in [1.807, 2.05) is 0 Å². The van der Waals surface area contributed by atoms with Crippen LogP contribution in [-0.4, -0.2) is 37.6 Å². The molecule has 0 aromatic heterocycles. The quantitative estimate of drug-likeness (QED) is 0.785. The second kappa shape index (κ2) is 5.65. The minimum absolute atomic E-state index is 0.749. The van der Waals surface area contributed by atoms with E-state index >= 15 is 0 Å². The molecule has 0 bridgehead atoms. The van der Waals surface area contributed by atoms with Crippen molar-refractivity contribution in [2.45, 2.75) is 38.6 Å².